The Balaban J connectivity index is 1.78. The van der Waals surface area contributed by atoms with Gasteiger partial charge in [0, 0.05) is 25.2 Å². The molecule has 0 saturated carbocycles. The lowest BCUT2D eigenvalue weighted by Crippen LogP contribution is -2.34. The molecule has 1 aromatic carbocycles. The van der Waals surface area contributed by atoms with E-state index in [0.29, 0.717) is 23.4 Å². The van der Waals surface area contributed by atoms with Crippen molar-refractivity contribution in [1.29, 1.82) is 0 Å². The summed E-state index contributed by atoms with van der Waals surface area (Å²) >= 11 is 0. The van der Waals surface area contributed by atoms with Crippen LogP contribution >= 0.6 is 0 Å². The van der Waals surface area contributed by atoms with Gasteiger partial charge in [-0.3, -0.25) is 9.89 Å². The van der Waals surface area contributed by atoms with Gasteiger partial charge in [0.1, 0.15) is 5.75 Å². The molecule has 25 heavy (non-hydrogen) atoms. The maximum absolute atomic E-state index is 13.1. The Morgan fingerprint density at radius 1 is 1.16 bits per heavy atom. The number of aromatic amines is 1. The van der Waals surface area contributed by atoms with Crippen LogP contribution in [0.1, 0.15) is 16.8 Å². The molecule has 3 aromatic rings. The Labute approximate surface area is 144 Å². The SMILES string of the molecule is O=C(c1cc(-c2ccc(O)cc2)nc2[nH]ncc12)N1CCCNCC1. The molecule has 0 spiro atoms. The lowest BCUT2D eigenvalue weighted by Gasteiger charge is -2.20. The molecule has 0 unspecified atom stereocenters. The number of amides is 1. The van der Waals surface area contributed by atoms with Crippen molar-refractivity contribution in [3.63, 3.8) is 0 Å². The van der Waals surface area contributed by atoms with E-state index in [4.69, 9.17) is 0 Å². The molecule has 3 heterocycles. The van der Waals surface area contributed by atoms with E-state index in [0.717, 1.165) is 37.0 Å². The molecule has 1 fully saturated rings. The number of carbonyl (C=O) groups is 1. The van der Waals surface area contributed by atoms with Crippen molar-refractivity contribution in [2.45, 2.75) is 6.42 Å². The number of hydrogen-bond acceptors (Lipinski definition) is 5. The summed E-state index contributed by atoms with van der Waals surface area (Å²) in [6.07, 6.45) is 2.59. The van der Waals surface area contributed by atoms with Gasteiger partial charge in [-0.1, -0.05) is 0 Å². The molecule has 1 saturated heterocycles. The van der Waals surface area contributed by atoms with E-state index in [9.17, 15) is 9.90 Å². The molecule has 0 aliphatic carbocycles. The van der Waals surface area contributed by atoms with Crippen molar-refractivity contribution >= 4 is 16.9 Å². The predicted molar refractivity (Wildman–Crippen MR) is 94.4 cm³/mol. The van der Waals surface area contributed by atoms with Gasteiger partial charge in [0.15, 0.2) is 5.65 Å². The summed E-state index contributed by atoms with van der Waals surface area (Å²) in [5.41, 5.74) is 2.69. The monoisotopic (exact) mass is 337 g/mol. The largest absolute Gasteiger partial charge is 0.508 e. The van der Waals surface area contributed by atoms with Crippen molar-refractivity contribution in [3.05, 3.63) is 42.1 Å². The second kappa shape index (κ2) is 6.52. The number of carbonyl (C=O) groups excluding carboxylic acids is 1. The minimum atomic E-state index is -0.00229. The van der Waals surface area contributed by atoms with E-state index >= 15 is 0 Å². The molecule has 1 aliphatic rings. The number of fused-ring (bicyclic) bond motifs is 1. The van der Waals surface area contributed by atoms with Gasteiger partial charge in [-0.05, 0) is 43.3 Å². The topological polar surface area (TPSA) is 94.1 Å². The first kappa shape index (κ1) is 15.6. The summed E-state index contributed by atoms with van der Waals surface area (Å²) in [5, 5.41) is 20.4. The molecule has 7 nitrogen and oxygen atoms in total. The number of phenolic OH excluding ortho intramolecular Hbond substituents is 1. The standard InChI is InChI=1S/C18H19N5O2/c24-13-4-2-12(3-5-13)16-10-14(15-11-20-22-17(15)21-16)18(25)23-8-1-6-19-7-9-23/h2-5,10-11,19,24H,1,6-9H2,(H,20,21,22). The summed E-state index contributed by atoms with van der Waals surface area (Å²) in [5.74, 6) is 0.192. The Hall–Kier alpha value is -2.93. The zero-order valence-corrected chi connectivity index (χ0v) is 13.7. The number of nitrogens with zero attached hydrogens (tertiary/aromatic N) is 3. The van der Waals surface area contributed by atoms with Gasteiger partial charge < -0.3 is 15.3 Å². The Bertz CT molecular complexity index is 895. The van der Waals surface area contributed by atoms with Crippen LogP contribution in [0.25, 0.3) is 22.3 Å². The highest BCUT2D eigenvalue weighted by atomic mass is 16.3. The van der Waals surface area contributed by atoms with Crippen molar-refractivity contribution in [2.24, 2.45) is 0 Å². The fraction of sp³-hybridized carbons (Fsp3) is 0.278. The molecule has 0 radical (unpaired) electrons. The maximum Gasteiger partial charge on any atom is 0.254 e. The van der Waals surface area contributed by atoms with Crippen molar-refractivity contribution in [1.82, 2.24) is 25.4 Å². The first-order valence-corrected chi connectivity index (χ1v) is 8.36. The van der Waals surface area contributed by atoms with Gasteiger partial charge in [0.05, 0.1) is 22.8 Å². The van der Waals surface area contributed by atoms with E-state index in [1.54, 1.807) is 30.5 Å². The van der Waals surface area contributed by atoms with Crippen LogP contribution in [0.5, 0.6) is 5.75 Å². The van der Waals surface area contributed by atoms with Crippen LogP contribution in [-0.2, 0) is 0 Å². The lowest BCUT2D eigenvalue weighted by atomic mass is 10.1. The number of phenols is 1. The number of pyridine rings is 1. The van der Waals surface area contributed by atoms with Crippen molar-refractivity contribution in [3.8, 4) is 17.0 Å². The molecule has 4 rings (SSSR count). The quantitative estimate of drug-likeness (QED) is 0.662. The number of nitrogens with one attached hydrogen (secondary N) is 2. The van der Waals surface area contributed by atoms with Gasteiger partial charge in [0.25, 0.3) is 5.91 Å². The van der Waals surface area contributed by atoms with Crippen LogP contribution in [0.4, 0.5) is 0 Å². The van der Waals surface area contributed by atoms with Gasteiger partial charge in [-0.15, -0.1) is 0 Å². The molecule has 1 aliphatic heterocycles. The molecule has 128 valence electrons. The summed E-state index contributed by atoms with van der Waals surface area (Å²) in [6, 6.07) is 8.59. The molecule has 0 bridgehead atoms. The molecule has 1 amide bonds. The Morgan fingerprint density at radius 3 is 2.84 bits per heavy atom. The van der Waals surface area contributed by atoms with Crippen LogP contribution in [-0.4, -0.2) is 57.3 Å². The normalized spacial score (nSPS) is 15.3. The van der Waals surface area contributed by atoms with Gasteiger partial charge >= 0.3 is 0 Å². The number of rotatable bonds is 2. The van der Waals surface area contributed by atoms with E-state index < -0.39 is 0 Å². The highest BCUT2D eigenvalue weighted by Gasteiger charge is 2.21. The van der Waals surface area contributed by atoms with E-state index in [1.807, 2.05) is 11.0 Å². The fourth-order valence-electron chi connectivity index (χ4n) is 3.11. The third kappa shape index (κ3) is 3.06. The van der Waals surface area contributed by atoms with Gasteiger partial charge in [-0.2, -0.15) is 5.10 Å². The molecule has 0 atom stereocenters. The smallest absolute Gasteiger partial charge is 0.254 e. The van der Waals surface area contributed by atoms with E-state index in [-0.39, 0.29) is 11.7 Å². The first-order chi connectivity index (χ1) is 12.2. The Kier molecular flexibility index (Phi) is 4.07. The predicted octanol–water partition coefficient (Wildman–Crippen LogP) is 1.77. The average molecular weight is 337 g/mol. The second-order valence-corrected chi connectivity index (χ2v) is 6.13. The second-order valence-electron chi connectivity index (χ2n) is 6.13. The zero-order chi connectivity index (χ0) is 17.2. The summed E-state index contributed by atoms with van der Waals surface area (Å²) < 4.78 is 0. The first-order valence-electron chi connectivity index (χ1n) is 8.36. The maximum atomic E-state index is 13.1. The van der Waals surface area contributed by atoms with Crippen molar-refractivity contribution < 1.29 is 9.90 Å². The average Bonchev–Trinajstić information content (AvgIpc) is 2.94. The van der Waals surface area contributed by atoms with E-state index in [1.165, 1.54) is 0 Å². The highest BCUT2D eigenvalue weighted by Crippen LogP contribution is 2.26. The number of aromatic hydroxyl groups is 1. The van der Waals surface area contributed by atoms with Crippen LogP contribution in [0.2, 0.25) is 0 Å². The third-order valence-electron chi connectivity index (χ3n) is 4.44. The molecule has 7 heteroatoms. The minimum Gasteiger partial charge on any atom is -0.508 e. The summed E-state index contributed by atoms with van der Waals surface area (Å²) in [4.78, 5) is 19.5. The van der Waals surface area contributed by atoms with Crippen molar-refractivity contribution in [2.75, 3.05) is 26.2 Å². The lowest BCUT2D eigenvalue weighted by molar-refractivity contribution is 0.0768. The van der Waals surface area contributed by atoms with E-state index in [2.05, 4.69) is 20.5 Å². The molecule has 3 N–H and O–H groups in total. The van der Waals surface area contributed by atoms with Gasteiger partial charge in [0.2, 0.25) is 0 Å². The number of aromatic nitrogens is 3. The highest BCUT2D eigenvalue weighted by molar-refractivity contribution is 6.06. The molecular formula is C18H19N5O2. The minimum absolute atomic E-state index is 0.00229. The Morgan fingerprint density at radius 2 is 2.00 bits per heavy atom. The van der Waals surface area contributed by atoms with Crippen LogP contribution in [0.3, 0.4) is 0 Å². The van der Waals surface area contributed by atoms with Crippen LogP contribution in [0, 0.1) is 0 Å². The van der Waals surface area contributed by atoms with Crippen LogP contribution in [0.15, 0.2) is 36.5 Å². The fourth-order valence-corrected chi connectivity index (χ4v) is 3.11. The third-order valence-corrected chi connectivity index (χ3v) is 4.44. The van der Waals surface area contributed by atoms with Gasteiger partial charge in [-0.25, -0.2) is 4.98 Å². The zero-order valence-electron chi connectivity index (χ0n) is 13.7. The summed E-state index contributed by atoms with van der Waals surface area (Å²) in [6.45, 7) is 3.16. The number of hydrogen-bond donors (Lipinski definition) is 3. The molecular weight excluding hydrogens is 318 g/mol. The molecule has 2 aromatic heterocycles. The summed E-state index contributed by atoms with van der Waals surface area (Å²) in [7, 11) is 0. The number of benzene rings is 1. The van der Waals surface area contributed by atoms with Crippen LogP contribution < -0.4 is 5.32 Å². The number of H-pyrrole nitrogens is 1.